The number of aryl methyl sites for hydroxylation is 1. The summed E-state index contributed by atoms with van der Waals surface area (Å²) in [5.74, 6) is 0.364. The van der Waals surface area contributed by atoms with Gasteiger partial charge >= 0.3 is 0 Å². The molecule has 4 heteroatoms. The molecule has 0 aliphatic rings. The Morgan fingerprint density at radius 2 is 2.16 bits per heavy atom. The number of hydrogen-bond donors (Lipinski definition) is 1. The fraction of sp³-hybridized carbons (Fsp3) is 0.600. The molecule has 1 atom stereocenters. The zero-order chi connectivity index (χ0) is 14.3. The number of unbranched alkanes of at least 4 members (excludes halogenated alkanes) is 1. The molecule has 19 heavy (non-hydrogen) atoms. The fourth-order valence-corrected chi connectivity index (χ4v) is 1.97. The zero-order valence-corrected chi connectivity index (χ0v) is 12.1. The molecular weight excluding hydrogens is 240 g/mol. The Kier molecular flexibility index (Phi) is 6.33. The first-order valence-corrected chi connectivity index (χ1v) is 7.03. The minimum absolute atomic E-state index is 0.160. The average Bonchev–Trinajstić information content (AvgIpc) is 2.41. The van der Waals surface area contributed by atoms with Gasteiger partial charge in [0.2, 0.25) is 0 Å². The van der Waals surface area contributed by atoms with Gasteiger partial charge in [-0.1, -0.05) is 33.1 Å². The summed E-state index contributed by atoms with van der Waals surface area (Å²) in [4.78, 5) is 23.4. The second kappa shape index (κ2) is 7.77. The maximum Gasteiger partial charge on any atom is 0.251 e. The van der Waals surface area contributed by atoms with Crippen molar-refractivity contribution in [3.63, 3.8) is 0 Å². The van der Waals surface area contributed by atoms with Crippen LogP contribution in [0.3, 0.4) is 0 Å². The van der Waals surface area contributed by atoms with Gasteiger partial charge in [0, 0.05) is 31.4 Å². The van der Waals surface area contributed by atoms with Gasteiger partial charge in [-0.3, -0.25) is 9.59 Å². The molecule has 0 saturated carbocycles. The Bertz CT molecular complexity index is 465. The van der Waals surface area contributed by atoms with Gasteiger partial charge in [0.05, 0.1) is 0 Å². The van der Waals surface area contributed by atoms with Crippen molar-refractivity contribution < 1.29 is 4.79 Å². The Balaban J connectivity index is 2.54. The fourth-order valence-electron chi connectivity index (χ4n) is 1.97. The minimum Gasteiger partial charge on any atom is -0.352 e. The maximum absolute atomic E-state index is 11.9. The van der Waals surface area contributed by atoms with Gasteiger partial charge in [0.25, 0.3) is 11.5 Å². The molecule has 0 aliphatic carbocycles. The van der Waals surface area contributed by atoms with Crippen LogP contribution in [-0.2, 0) is 7.05 Å². The third-order valence-corrected chi connectivity index (χ3v) is 3.46. The lowest BCUT2D eigenvalue weighted by atomic mass is 9.99. The topological polar surface area (TPSA) is 51.1 Å². The minimum atomic E-state index is -0.161. The van der Waals surface area contributed by atoms with E-state index in [1.54, 1.807) is 19.3 Å². The number of aromatic nitrogens is 1. The van der Waals surface area contributed by atoms with E-state index < -0.39 is 0 Å². The highest BCUT2D eigenvalue weighted by atomic mass is 16.2. The van der Waals surface area contributed by atoms with Crippen LogP contribution in [0.1, 0.15) is 49.9 Å². The summed E-state index contributed by atoms with van der Waals surface area (Å²) in [5, 5.41) is 2.92. The Hall–Kier alpha value is -1.58. The average molecular weight is 264 g/mol. The lowest BCUT2D eigenvalue weighted by Gasteiger charge is -2.15. The van der Waals surface area contributed by atoms with E-state index in [4.69, 9.17) is 0 Å². The summed E-state index contributed by atoms with van der Waals surface area (Å²) in [6, 6.07) is 3.05. The van der Waals surface area contributed by atoms with E-state index in [0.29, 0.717) is 18.0 Å². The maximum atomic E-state index is 11.9. The van der Waals surface area contributed by atoms with Crippen molar-refractivity contribution in [2.45, 2.75) is 39.5 Å². The predicted molar refractivity (Wildman–Crippen MR) is 77.3 cm³/mol. The van der Waals surface area contributed by atoms with Gasteiger partial charge in [0.15, 0.2) is 0 Å². The summed E-state index contributed by atoms with van der Waals surface area (Å²) in [7, 11) is 1.67. The molecular formula is C15H24N2O2. The van der Waals surface area contributed by atoms with Gasteiger partial charge in [0.1, 0.15) is 0 Å². The second-order valence-corrected chi connectivity index (χ2v) is 4.99. The van der Waals surface area contributed by atoms with Crippen LogP contribution in [-0.4, -0.2) is 17.0 Å². The van der Waals surface area contributed by atoms with E-state index in [1.807, 2.05) is 0 Å². The van der Waals surface area contributed by atoms with E-state index in [0.717, 1.165) is 12.8 Å². The van der Waals surface area contributed by atoms with Crippen molar-refractivity contribution in [2.75, 3.05) is 6.54 Å². The van der Waals surface area contributed by atoms with Crippen LogP contribution in [0.25, 0.3) is 0 Å². The summed E-state index contributed by atoms with van der Waals surface area (Å²) >= 11 is 0. The highest BCUT2D eigenvalue weighted by molar-refractivity contribution is 5.93. The molecule has 0 aromatic carbocycles. The smallest absolute Gasteiger partial charge is 0.251 e. The van der Waals surface area contributed by atoms with Crippen molar-refractivity contribution in [1.29, 1.82) is 0 Å². The highest BCUT2D eigenvalue weighted by Crippen LogP contribution is 2.11. The van der Waals surface area contributed by atoms with E-state index >= 15 is 0 Å². The first-order chi connectivity index (χ1) is 9.08. The van der Waals surface area contributed by atoms with Crippen LogP contribution in [0.5, 0.6) is 0 Å². The second-order valence-electron chi connectivity index (χ2n) is 4.99. The number of pyridine rings is 1. The van der Waals surface area contributed by atoms with Gasteiger partial charge in [-0.25, -0.2) is 0 Å². The normalized spacial score (nSPS) is 12.2. The van der Waals surface area contributed by atoms with Crippen LogP contribution >= 0.6 is 0 Å². The summed E-state index contributed by atoms with van der Waals surface area (Å²) < 4.78 is 1.45. The summed E-state index contributed by atoms with van der Waals surface area (Å²) in [6.07, 6.45) is 6.20. The van der Waals surface area contributed by atoms with E-state index in [1.165, 1.54) is 23.5 Å². The number of amides is 1. The van der Waals surface area contributed by atoms with E-state index in [2.05, 4.69) is 19.2 Å². The monoisotopic (exact) mass is 264 g/mol. The van der Waals surface area contributed by atoms with Crippen molar-refractivity contribution in [3.8, 4) is 0 Å². The zero-order valence-electron chi connectivity index (χ0n) is 12.1. The number of rotatable bonds is 7. The Labute approximate surface area is 114 Å². The number of nitrogens with one attached hydrogen (secondary N) is 1. The molecule has 0 spiro atoms. The standard InChI is InChI=1S/C15H24N2O2/c1-4-6-7-12(5-2)11-16-15(19)13-8-9-17(3)14(18)10-13/h8-10,12H,4-7,11H2,1-3H3,(H,16,19). The Morgan fingerprint density at radius 1 is 1.42 bits per heavy atom. The van der Waals surface area contributed by atoms with E-state index in [9.17, 15) is 9.59 Å². The summed E-state index contributed by atoms with van der Waals surface area (Å²) in [5.41, 5.74) is 0.277. The molecule has 0 fully saturated rings. The van der Waals surface area contributed by atoms with Gasteiger partial charge in [-0.2, -0.15) is 0 Å². The predicted octanol–water partition coefficient (Wildman–Crippen LogP) is 2.33. The van der Waals surface area contributed by atoms with Gasteiger partial charge in [-0.05, 0) is 18.4 Å². The third kappa shape index (κ3) is 4.89. The molecule has 1 unspecified atom stereocenters. The molecule has 0 saturated heterocycles. The van der Waals surface area contributed by atoms with Crippen LogP contribution in [0.4, 0.5) is 0 Å². The molecule has 1 aromatic rings. The van der Waals surface area contributed by atoms with Crippen molar-refractivity contribution in [1.82, 2.24) is 9.88 Å². The quantitative estimate of drug-likeness (QED) is 0.821. The molecule has 1 amide bonds. The van der Waals surface area contributed by atoms with Crippen molar-refractivity contribution in [3.05, 3.63) is 34.2 Å². The number of nitrogens with zero attached hydrogens (tertiary/aromatic N) is 1. The molecule has 0 radical (unpaired) electrons. The van der Waals surface area contributed by atoms with Crippen molar-refractivity contribution in [2.24, 2.45) is 13.0 Å². The largest absolute Gasteiger partial charge is 0.352 e. The molecule has 1 rings (SSSR count). The molecule has 1 heterocycles. The SMILES string of the molecule is CCCCC(CC)CNC(=O)c1ccn(C)c(=O)c1. The molecule has 1 aromatic heterocycles. The van der Waals surface area contributed by atoms with Gasteiger partial charge in [-0.15, -0.1) is 0 Å². The molecule has 0 bridgehead atoms. The number of hydrogen-bond acceptors (Lipinski definition) is 2. The first-order valence-electron chi connectivity index (χ1n) is 7.03. The highest BCUT2D eigenvalue weighted by Gasteiger charge is 2.10. The number of carbonyl (C=O) groups excluding carboxylic acids is 1. The molecule has 1 N–H and O–H groups in total. The van der Waals surface area contributed by atoms with Crippen LogP contribution in [0, 0.1) is 5.92 Å². The van der Waals surface area contributed by atoms with Crippen molar-refractivity contribution >= 4 is 5.91 Å². The third-order valence-electron chi connectivity index (χ3n) is 3.46. The Morgan fingerprint density at radius 3 is 2.74 bits per heavy atom. The molecule has 106 valence electrons. The van der Waals surface area contributed by atoms with E-state index in [-0.39, 0.29) is 11.5 Å². The molecule has 4 nitrogen and oxygen atoms in total. The lowest BCUT2D eigenvalue weighted by molar-refractivity contribution is 0.0945. The first kappa shape index (κ1) is 15.5. The van der Waals surface area contributed by atoms with Gasteiger partial charge < -0.3 is 9.88 Å². The van der Waals surface area contributed by atoms with Crippen LogP contribution in [0.15, 0.2) is 23.1 Å². The molecule has 0 aliphatic heterocycles. The van der Waals surface area contributed by atoms with Crippen LogP contribution in [0.2, 0.25) is 0 Å². The van der Waals surface area contributed by atoms with Crippen LogP contribution < -0.4 is 10.9 Å². The number of carbonyl (C=O) groups is 1. The summed E-state index contributed by atoms with van der Waals surface area (Å²) in [6.45, 7) is 5.00. The lowest BCUT2D eigenvalue weighted by Crippen LogP contribution is -2.30.